The van der Waals surface area contributed by atoms with Crippen LogP contribution in [0.2, 0.25) is 0 Å². The number of anilines is 2. The average Bonchev–Trinajstić information content (AvgIpc) is 2.75. The van der Waals surface area contributed by atoms with Crippen LogP contribution in [0.1, 0.15) is 36.4 Å². The van der Waals surface area contributed by atoms with E-state index in [-0.39, 0.29) is 6.04 Å². The van der Waals surface area contributed by atoms with Crippen molar-refractivity contribution in [2.75, 3.05) is 11.9 Å². The van der Waals surface area contributed by atoms with Gasteiger partial charge in [-0.1, -0.05) is 48.4 Å². The lowest BCUT2D eigenvalue weighted by Gasteiger charge is -2.35. The predicted molar refractivity (Wildman–Crippen MR) is 116 cm³/mol. The minimum atomic E-state index is -3.54. The van der Waals surface area contributed by atoms with Gasteiger partial charge in [0.25, 0.3) is 0 Å². The molecule has 1 aliphatic rings. The summed E-state index contributed by atoms with van der Waals surface area (Å²) in [5.41, 5.74) is 2.94. The van der Waals surface area contributed by atoms with Crippen molar-refractivity contribution in [3.63, 3.8) is 0 Å². The maximum absolute atomic E-state index is 13.3. The lowest BCUT2D eigenvalue weighted by atomic mass is 9.99. The van der Waals surface area contributed by atoms with Crippen LogP contribution in [0.5, 0.6) is 0 Å². The topological polar surface area (TPSA) is 62.3 Å². The fraction of sp³-hybridized carbons (Fsp3) is 0.261. The van der Waals surface area contributed by atoms with Crippen LogP contribution in [0.25, 0.3) is 0 Å². The fourth-order valence-electron chi connectivity index (χ4n) is 3.72. The number of sulfonamides is 1. The van der Waals surface area contributed by atoms with Gasteiger partial charge in [-0.25, -0.2) is 13.4 Å². The molecule has 2 aromatic carbocycles. The highest BCUT2D eigenvalue weighted by molar-refractivity contribution is 7.89. The molecule has 1 aliphatic heterocycles. The van der Waals surface area contributed by atoms with E-state index in [1.54, 1.807) is 22.6 Å². The Labute approximate surface area is 172 Å². The van der Waals surface area contributed by atoms with Gasteiger partial charge in [-0.3, -0.25) is 0 Å². The lowest BCUT2D eigenvalue weighted by Crippen LogP contribution is -2.38. The van der Waals surface area contributed by atoms with Crippen LogP contribution in [0.15, 0.2) is 77.8 Å². The van der Waals surface area contributed by atoms with Gasteiger partial charge in [-0.2, -0.15) is 4.31 Å². The normalized spacial score (nSPS) is 17.8. The van der Waals surface area contributed by atoms with Gasteiger partial charge in [0, 0.05) is 18.4 Å². The van der Waals surface area contributed by atoms with E-state index in [0.717, 1.165) is 41.9 Å². The summed E-state index contributed by atoms with van der Waals surface area (Å²) in [4.78, 5) is 4.87. The molecule has 1 aromatic heterocycles. The van der Waals surface area contributed by atoms with Crippen molar-refractivity contribution >= 4 is 21.5 Å². The first-order valence-corrected chi connectivity index (χ1v) is 11.3. The van der Waals surface area contributed by atoms with Gasteiger partial charge in [-0.15, -0.1) is 0 Å². The molecular formula is C23H25N3O2S. The SMILES string of the molecule is Cc1ccc(S(=O)(=O)N2CCCCC2c2ccc(Nc3ccccc3)nc2)cc1. The summed E-state index contributed by atoms with van der Waals surface area (Å²) < 4.78 is 28.2. The minimum Gasteiger partial charge on any atom is -0.340 e. The second-order valence-corrected chi connectivity index (χ2v) is 9.30. The van der Waals surface area contributed by atoms with Crippen LogP contribution in [0.3, 0.4) is 0 Å². The Balaban J connectivity index is 1.58. The predicted octanol–water partition coefficient (Wildman–Crippen LogP) is 5.05. The molecular weight excluding hydrogens is 382 g/mol. The van der Waals surface area contributed by atoms with Gasteiger partial charge in [0.15, 0.2) is 0 Å². The van der Waals surface area contributed by atoms with E-state index in [9.17, 15) is 8.42 Å². The van der Waals surface area contributed by atoms with Crippen LogP contribution in [0, 0.1) is 6.92 Å². The zero-order valence-corrected chi connectivity index (χ0v) is 17.3. The molecule has 0 amide bonds. The fourth-order valence-corrected chi connectivity index (χ4v) is 5.40. The van der Waals surface area contributed by atoms with E-state index >= 15 is 0 Å². The van der Waals surface area contributed by atoms with Gasteiger partial charge in [0.1, 0.15) is 5.82 Å². The van der Waals surface area contributed by atoms with Gasteiger partial charge >= 0.3 is 0 Å². The first-order valence-electron chi connectivity index (χ1n) is 9.90. The Morgan fingerprint density at radius 1 is 0.966 bits per heavy atom. The molecule has 3 aromatic rings. The zero-order chi connectivity index (χ0) is 20.3. The molecule has 150 valence electrons. The third kappa shape index (κ3) is 4.33. The largest absolute Gasteiger partial charge is 0.340 e. The van der Waals surface area contributed by atoms with Crippen molar-refractivity contribution in [1.29, 1.82) is 0 Å². The van der Waals surface area contributed by atoms with E-state index in [2.05, 4.69) is 10.3 Å². The van der Waals surface area contributed by atoms with Crippen molar-refractivity contribution in [3.05, 3.63) is 84.1 Å². The van der Waals surface area contributed by atoms with Gasteiger partial charge in [0.2, 0.25) is 10.0 Å². The Kier molecular flexibility index (Phi) is 5.65. The van der Waals surface area contributed by atoms with Gasteiger partial charge in [0.05, 0.1) is 10.9 Å². The maximum atomic E-state index is 13.3. The van der Waals surface area contributed by atoms with E-state index in [1.807, 2.05) is 61.5 Å². The molecule has 0 radical (unpaired) electrons. The summed E-state index contributed by atoms with van der Waals surface area (Å²) in [6.07, 6.45) is 4.48. The smallest absolute Gasteiger partial charge is 0.243 e. The zero-order valence-electron chi connectivity index (χ0n) is 16.5. The molecule has 0 spiro atoms. The number of benzene rings is 2. The average molecular weight is 408 g/mol. The molecule has 0 saturated carbocycles. The maximum Gasteiger partial charge on any atom is 0.243 e. The number of aryl methyl sites for hydroxylation is 1. The Bertz CT molecular complexity index is 1050. The third-order valence-electron chi connectivity index (χ3n) is 5.30. The molecule has 1 saturated heterocycles. The van der Waals surface area contributed by atoms with Crippen LogP contribution >= 0.6 is 0 Å². The van der Waals surface area contributed by atoms with Crippen LogP contribution < -0.4 is 5.32 Å². The van der Waals surface area contributed by atoms with Crippen molar-refractivity contribution in [2.24, 2.45) is 0 Å². The first-order chi connectivity index (χ1) is 14.0. The van der Waals surface area contributed by atoms with Crippen molar-refractivity contribution in [1.82, 2.24) is 9.29 Å². The highest BCUT2D eigenvalue weighted by atomic mass is 32.2. The molecule has 5 nitrogen and oxygen atoms in total. The summed E-state index contributed by atoms with van der Waals surface area (Å²) in [6.45, 7) is 2.49. The summed E-state index contributed by atoms with van der Waals surface area (Å²) in [5.74, 6) is 0.740. The highest BCUT2D eigenvalue weighted by Gasteiger charge is 2.34. The summed E-state index contributed by atoms with van der Waals surface area (Å²) in [7, 11) is -3.54. The number of piperidine rings is 1. The molecule has 0 aliphatic carbocycles. The number of pyridine rings is 1. The number of para-hydroxylation sites is 1. The monoisotopic (exact) mass is 407 g/mol. The quantitative estimate of drug-likeness (QED) is 0.643. The number of nitrogens with one attached hydrogen (secondary N) is 1. The standard InChI is InChI=1S/C23H25N3O2S/c1-18-10-13-21(14-11-18)29(27,28)26-16-6-5-9-22(26)19-12-15-23(24-17-19)25-20-7-3-2-4-8-20/h2-4,7-8,10-15,17,22H,5-6,9,16H2,1H3,(H,24,25). The van der Waals surface area contributed by atoms with E-state index in [1.165, 1.54) is 0 Å². The molecule has 29 heavy (non-hydrogen) atoms. The number of hydrogen-bond acceptors (Lipinski definition) is 4. The molecule has 2 heterocycles. The second-order valence-electron chi connectivity index (χ2n) is 7.41. The molecule has 1 fully saturated rings. The van der Waals surface area contributed by atoms with E-state index in [0.29, 0.717) is 11.4 Å². The van der Waals surface area contributed by atoms with Crippen LogP contribution in [-0.4, -0.2) is 24.3 Å². The molecule has 0 bridgehead atoms. The van der Waals surface area contributed by atoms with Gasteiger partial charge in [-0.05, 0) is 55.7 Å². The Morgan fingerprint density at radius 3 is 2.41 bits per heavy atom. The van der Waals surface area contributed by atoms with Crippen LogP contribution in [0.4, 0.5) is 11.5 Å². The van der Waals surface area contributed by atoms with Gasteiger partial charge < -0.3 is 5.32 Å². The van der Waals surface area contributed by atoms with E-state index in [4.69, 9.17) is 0 Å². The number of nitrogens with zero attached hydrogens (tertiary/aromatic N) is 2. The van der Waals surface area contributed by atoms with E-state index < -0.39 is 10.0 Å². The summed E-state index contributed by atoms with van der Waals surface area (Å²) in [5, 5.41) is 3.26. The molecule has 1 N–H and O–H groups in total. The minimum absolute atomic E-state index is 0.187. The number of hydrogen-bond donors (Lipinski definition) is 1. The number of aromatic nitrogens is 1. The first kappa shape index (κ1) is 19.6. The highest BCUT2D eigenvalue weighted by Crippen LogP contribution is 2.35. The molecule has 4 rings (SSSR count). The lowest BCUT2D eigenvalue weighted by molar-refractivity contribution is 0.255. The summed E-state index contributed by atoms with van der Waals surface area (Å²) in [6, 6.07) is 20.6. The number of rotatable bonds is 5. The molecule has 1 unspecified atom stereocenters. The Morgan fingerprint density at radius 2 is 1.72 bits per heavy atom. The summed E-state index contributed by atoms with van der Waals surface area (Å²) >= 11 is 0. The van der Waals surface area contributed by atoms with Crippen LogP contribution in [-0.2, 0) is 10.0 Å². The van der Waals surface area contributed by atoms with Crippen molar-refractivity contribution in [3.8, 4) is 0 Å². The molecule has 1 atom stereocenters. The second kappa shape index (κ2) is 8.35. The Hall–Kier alpha value is -2.70. The third-order valence-corrected chi connectivity index (χ3v) is 7.22. The van der Waals surface area contributed by atoms with Crippen molar-refractivity contribution in [2.45, 2.75) is 37.1 Å². The van der Waals surface area contributed by atoms with Crippen molar-refractivity contribution < 1.29 is 8.42 Å². The molecule has 6 heteroatoms.